The highest BCUT2D eigenvalue weighted by Crippen LogP contribution is 2.19. The molecule has 1 heterocycles. The number of nitrogens with zero attached hydrogens (tertiary/aromatic N) is 2. The van der Waals surface area contributed by atoms with Crippen molar-refractivity contribution >= 4 is 34.9 Å². The molecule has 0 atom stereocenters. The van der Waals surface area contributed by atoms with Crippen molar-refractivity contribution in [3.05, 3.63) is 63.4 Å². The van der Waals surface area contributed by atoms with Gasteiger partial charge in [-0.3, -0.25) is 0 Å². The summed E-state index contributed by atoms with van der Waals surface area (Å²) in [5.74, 6) is 0. The SMILES string of the molecule is N#Cc1cccc2c1[nH]c(=S)n2CCc1ccc(Cl)cc1. The maximum atomic E-state index is 9.14. The largest absolute Gasteiger partial charge is 0.329 e. The van der Waals surface area contributed by atoms with Gasteiger partial charge in [0.2, 0.25) is 0 Å². The van der Waals surface area contributed by atoms with Crippen molar-refractivity contribution in [1.82, 2.24) is 9.55 Å². The van der Waals surface area contributed by atoms with Gasteiger partial charge in [-0.15, -0.1) is 0 Å². The molecule has 0 fully saturated rings. The molecule has 0 saturated carbocycles. The van der Waals surface area contributed by atoms with E-state index >= 15 is 0 Å². The normalized spacial score (nSPS) is 10.7. The lowest BCUT2D eigenvalue weighted by Crippen LogP contribution is -2.01. The standard InChI is InChI=1S/C16H12ClN3S/c17-13-6-4-11(5-7-13)8-9-20-14-3-1-2-12(10-18)15(14)19-16(20)21/h1-7H,8-9H2,(H,19,21). The van der Waals surface area contributed by atoms with Crippen molar-refractivity contribution in [3.63, 3.8) is 0 Å². The van der Waals surface area contributed by atoms with Crippen LogP contribution in [-0.2, 0) is 13.0 Å². The van der Waals surface area contributed by atoms with Gasteiger partial charge in [-0.05, 0) is 48.5 Å². The second-order valence-electron chi connectivity index (χ2n) is 4.77. The number of aryl methyl sites for hydroxylation is 2. The molecule has 0 amide bonds. The fraction of sp³-hybridized carbons (Fsp3) is 0.125. The van der Waals surface area contributed by atoms with Crippen LogP contribution in [0, 0.1) is 16.1 Å². The molecule has 0 saturated heterocycles. The fourth-order valence-corrected chi connectivity index (χ4v) is 2.81. The van der Waals surface area contributed by atoms with Crippen molar-refractivity contribution in [2.45, 2.75) is 13.0 Å². The summed E-state index contributed by atoms with van der Waals surface area (Å²) in [7, 11) is 0. The Labute approximate surface area is 132 Å². The third-order valence-corrected chi connectivity index (χ3v) is 4.04. The number of nitrogens with one attached hydrogen (secondary N) is 1. The third kappa shape index (κ3) is 2.71. The highest BCUT2D eigenvalue weighted by Gasteiger charge is 2.08. The maximum absolute atomic E-state index is 9.14. The quantitative estimate of drug-likeness (QED) is 0.725. The highest BCUT2D eigenvalue weighted by atomic mass is 35.5. The molecular weight excluding hydrogens is 302 g/mol. The number of nitriles is 1. The molecule has 1 N–H and O–H groups in total. The van der Waals surface area contributed by atoms with Crippen LogP contribution in [0.1, 0.15) is 11.1 Å². The Bertz CT molecular complexity index is 885. The van der Waals surface area contributed by atoms with E-state index in [9.17, 15) is 0 Å². The summed E-state index contributed by atoms with van der Waals surface area (Å²) < 4.78 is 2.67. The number of benzene rings is 2. The Morgan fingerprint density at radius 3 is 2.67 bits per heavy atom. The molecule has 3 aromatic rings. The van der Waals surface area contributed by atoms with Crippen molar-refractivity contribution in [2.75, 3.05) is 0 Å². The maximum Gasteiger partial charge on any atom is 0.178 e. The van der Waals surface area contributed by atoms with Crippen LogP contribution < -0.4 is 0 Å². The first-order valence-corrected chi connectivity index (χ1v) is 7.34. The lowest BCUT2D eigenvalue weighted by Gasteiger charge is -2.05. The van der Waals surface area contributed by atoms with Crippen LogP contribution >= 0.6 is 23.8 Å². The van der Waals surface area contributed by atoms with Crippen LogP contribution in [0.25, 0.3) is 11.0 Å². The van der Waals surface area contributed by atoms with E-state index < -0.39 is 0 Å². The second-order valence-corrected chi connectivity index (χ2v) is 5.59. The molecule has 5 heteroatoms. The molecule has 104 valence electrons. The van der Waals surface area contributed by atoms with E-state index in [1.54, 1.807) is 6.07 Å². The number of halogens is 1. The number of hydrogen-bond acceptors (Lipinski definition) is 2. The number of hydrogen-bond donors (Lipinski definition) is 1. The molecule has 0 unspecified atom stereocenters. The van der Waals surface area contributed by atoms with Crippen LogP contribution in [0.2, 0.25) is 5.02 Å². The fourth-order valence-electron chi connectivity index (χ4n) is 2.39. The van der Waals surface area contributed by atoms with Gasteiger partial charge in [0.15, 0.2) is 4.77 Å². The van der Waals surface area contributed by atoms with Gasteiger partial charge in [0.05, 0.1) is 16.6 Å². The van der Waals surface area contributed by atoms with Crippen molar-refractivity contribution < 1.29 is 0 Å². The van der Waals surface area contributed by atoms with Crippen LogP contribution in [0.4, 0.5) is 0 Å². The van der Waals surface area contributed by atoms with Gasteiger partial charge in [0, 0.05) is 11.6 Å². The Morgan fingerprint density at radius 1 is 1.19 bits per heavy atom. The van der Waals surface area contributed by atoms with E-state index in [1.165, 1.54) is 5.56 Å². The Kier molecular flexibility index (Phi) is 3.78. The van der Waals surface area contributed by atoms with Gasteiger partial charge in [-0.1, -0.05) is 29.8 Å². The molecule has 3 rings (SSSR count). The molecular formula is C16H12ClN3S. The summed E-state index contributed by atoms with van der Waals surface area (Å²) in [6.07, 6.45) is 0.856. The first-order valence-electron chi connectivity index (χ1n) is 6.55. The van der Waals surface area contributed by atoms with E-state index in [0.29, 0.717) is 10.3 Å². The smallest absolute Gasteiger partial charge is 0.178 e. The monoisotopic (exact) mass is 313 g/mol. The summed E-state index contributed by atoms with van der Waals surface area (Å²) >= 11 is 11.3. The molecule has 1 aromatic heterocycles. The summed E-state index contributed by atoms with van der Waals surface area (Å²) in [5, 5.41) is 9.88. The van der Waals surface area contributed by atoms with E-state index in [-0.39, 0.29) is 0 Å². The van der Waals surface area contributed by atoms with Gasteiger partial charge in [0.25, 0.3) is 0 Å². The lowest BCUT2D eigenvalue weighted by molar-refractivity contribution is 0.706. The average molecular weight is 314 g/mol. The summed E-state index contributed by atoms with van der Waals surface area (Å²) in [6, 6.07) is 15.6. The number of fused-ring (bicyclic) bond motifs is 1. The van der Waals surface area contributed by atoms with E-state index in [2.05, 4.69) is 11.1 Å². The number of para-hydroxylation sites is 1. The Hall–Kier alpha value is -2.09. The van der Waals surface area contributed by atoms with Gasteiger partial charge < -0.3 is 9.55 Å². The van der Waals surface area contributed by atoms with Crippen LogP contribution in [0.15, 0.2) is 42.5 Å². The highest BCUT2D eigenvalue weighted by molar-refractivity contribution is 7.71. The predicted octanol–water partition coefficient (Wildman–Crippen LogP) is 4.47. The first-order chi connectivity index (χ1) is 10.2. The van der Waals surface area contributed by atoms with E-state index in [0.717, 1.165) is 29.0 Å². The molecule has 3 nitrogen and oxygen atoms in total. The predicted molar refractivity (Wildman–Crippen MR) is 87.0 cm³/mol. The van der Waals surface area contributed by atoms with Gasteiger partial charge in [-0.2, -0.15) is 5.26 Å². The zero-order valence-corrected chi connectivity index (χ0v) is 12.7. The van der Waals surface area contributed by atoms with Crippen molar-refractivity contribution in [2.24, 2.45) is 0 Å². The van der Waals surface area contributed by atoms with E-state index in [1.807, 2.05) is 41.0 Å². The summed E-state index contributed by atoms with van der Waals surface area (Å²) in [4.78, 5) is 3.13. The van der Waals surface area contributed by atoms with Crippen LogP contribution in [-0.4, -0.2) is 9.55 Å². The molecule has 0 radical (unpaired) electrons. The molecule has 0 bridgehead atoms. The van der Waals surface area contributed by atoms with Crippen molar-refractivity contribution in [1.29, 1.82) is 5.26 Å². The number of H-pyrrole nitrogens is 1. The zero-order chi connectivity index (χ0) is 14.8. The molecule has 0 aliphatic rings. The minimum absolute atomic E-state index is 0.615. The molecule has 0 spiro atoms. The molecule has 0 aliphatic heterocycles. The molecule has 21 heavy (non-hydrogen) atoms. The van der Waals surface area contributed by atoms with Gasteiger partial charge >= 0.3 is 0 Å². The number of aromatic nitrogens is 2. The summed E-state index contributed by atoms with van der Waals surface area (Å²) in [6.45, 7) is 0.759. The number of aromatic amines is 1. The van der Waals surface area contributed by atoms with Crippen LogP contribution in [0.3, 0.4) is 0 Å². The third-order valence-electron chi connectivity index (χ3n) is 3.47. The molecule has 0 aliphatic carbocycles. The Morgan fingerprint density at radius 2 is 1.95 bits per heavy atom. The average Bonchev–Trinajstić information content (AvgIpc) is 2.82. The lowest BCUT2D eigenvalue weighted by atomic mass is 10.1. The zero-order valence-electron chi connectivity index (χ0n) is 11.1. The van der Waals surface area contributed by atoms with Gasteiger partial charge in [0.1, 0.15) is 6.07 Å². The minimum Gasteiger partial charge on any atom is -0.329 e. The summed E-state index contributed by atoms with van der Waals surface area (Å²) in [5.41, 5.74) is 3.59. The van der Waals surface area contributed by atoms with E-state index in [4.69, 9.17) is 29.1 Å². The molecule has 2 aromatic carbocycles. The van der Waals surface area contributed by atoms with Gasteiger partial charge in [-0.25, -0.2) is 0 Å². The van der Waals surface area contributed by atoms with Crippen LogP contribution in [0.5, 0.6) is 0 Å². The Balaban J connectivity index is 1.94. The van der Waals surface area contributed by atoms with Crippen molar-refractivity contribution in [3.8, 4) is 6.07 Å². The number of imidazole rings is 1. The minimum atomic E-state index is 0.615. The topological polar surface area (TPSA) is 44.5 Å². The first kappa shape index (κ1) is 13.9. The second kappa shape index (κ2) is 5.72. The number of rotatable bonds is 3.